The molecule has 2 aliphatic rings. The SMILES string of the molecule is O=C1CO[C@@H]2CCN(Cc3cnccn3)C[C@@H]2N1. The molecular formula is C12H16N4O2. The topological polar surface area (TPSA) is 67.3 Å². The number of rotatable bonds is 2. The van der Waals surface area contributed by atoms with Crippen molar-refractivity contribution in [2.24, 2.45) is 0 Å². The standard InChI is InChI=1S/C12H16N4O2/c17-12-8-18-11-1-4-16(7-10(11)15-12)6-9-5-13-2-3-14-9/h2-3,5,10-11H,1,4,6-8H2,(H,15,17)/t10-,11+/m0/s1. The number of carbonyl (C=O) groups is 1. The summed E-state index contributed by atoms with van der Waals surface area (Å²) in [4.78, 5) is 21.9. The van der Waals surface area contributed by atoms with E-state index in [9.17, 15) is 4.79 Å². The molecule has 1 N–H and O–H groups in total. The van der Waals surface area contributed by atoms with E-state index in [4.69, 9.17) is 4.74 Å². The minimum absolute atomic E-state index is 0.0161. The first-order chi connectivity index (χ1) is 8.81. The molecule has 3 heterocycles. The molecule has 2 saturated heterocycles. The van der Waals surface area contributed by atoms with Gasteiger partial charge in [-0.15, -0.1) is 0 Å². The lowest BCUT2D eigenvalue weighted by atomic mass is 10.0. The fraction of sp³-hybridized carbons (Fsp3) is 0.583. The minimum atomic E-state index is -0.0161. The highest BCUT2D eigenvalue weighted by Crippen LogP contribution is 2.18. The predicted molar refractivity (Wildman–Crippen MR) is 63.6 cm³/mol. The molecule has 0 unspecified atom stereocenters. The third-order valence-corrected chi connectivity index (χ3v) is 3.41. The number of nitrogens with one attached hydrogen (secondary N) is 1. The highest BCUT2D eigenvalue weighted by atomic mass is 16.5. The molecule has 1 amide bonds. The van der Waals surface area contributed by atoms with Crippen molar-refractivity contribution < 1.29 is 9.53 Å². The Morgan fingerprint density at radius 1 is 1.50 bits per heavy atom. The van der Waals surface area contributed by atoms with Crippen LogP contribution in [0.25, 0.3) is 0 Å². The van der Waals surface area contributed by atoms with Crippen molar-refractivity contribution in [3.05, 3.63) is 24.3 Å². The zero-order valence-corrected chi connectivity index (χ0v) is 10.1. The summed E-state index contributed by atoms with van der Waals surface area (Å²) in [6, 6.07) is 0.108. The van der Waals surface area contributed by atoms with Crippen molar-refractivity contribution >= 4 is 5.91 Å². The quantitative estimate of drug-likeness (QED) is 0.769. The Balaban J connectivity index is 1.61. The summed E-state index contributed by atoms with van der Waals surface area (Å²) in [6.07, 6.45) is 6.27. The molecule has 6 heteroatoms. The van der Waals surface area contributed by atoms with E-state index in [1.165, 1.54) is 0 Å². The average Bonchev–Trinajstić information content (AvgIpc) is 2.39. The van der Waals surface area contributed by atoms with Gasteiger partial charge in [0.1, 0.15) is 6.61 Å². The lowest BCUT2D eigenvalue weighted by Gasteiger charge is -2.40. The van der Waals surface area contributed by atoms with Crippen molar-refractivity contribution in [3.8, 4) is 0 Å². The second-order valence-electron chi connectivity index (χ2n) is 4.74. The summed E-state index contributed by atoms with van der Waals surface area (Å²) in [5, 5.41) is 2.99. The average molecular weight is 248 g/mol. The van der Waals surface area contributed by atoms with Crippen LogP contribution in [-0.2, 0) is 16.1 Å². The van der Waals surface area contributed by atoms with E-state index in [0.717, 1.165) is 31.7 Å². The highest BCUT2D eigenvalue weighted by Gasteiger charge is 2.34. The van der Waals surface area contributed by atoms with E-state index in [-0.39, 0.29) is 24.7 Å². The molecule has 0 spiro atoms. The first kappa shape index (κ1) is 11.6. The normalized spacial score (nSPS) is 28.6. The number of nitrogens with zero attached hydrogens (tertiary/aromatic N) is 3. The Morgan fingerprint density at radius 3 is 3.28 bits per heavy atom. The van der Waals surface area contributed by atoms with Crippen LogP contribution in [0.3, 0.4) is 0 Å². The van der Waals surface area contributed by atoms with Gasteiger partial charge in [-0.2, -0.15) is 0 Å². The van der Waals surface area contributed by atoms with Crippen LogP contribution in [0.4, 0.5) is 0 Å². The Morgan fingerprint density at radius 2 is 2.44 bits per heavy atom. The van der Waals surface area contributed by atoms with Crippen LogP contribution in [0, 0.1) is 0 Å². The highest BCUT2D eigenvalue weighted by molar-refractivity contribution is 5.78. The number of morpholine rings is 1. The number of carbonyl (C=O) groups excluding carboxylic acids is 1. The van der Waals surface area contributed by atoms with Gasteiger partial charge in [0.05, 0.1) is 17.8 Å². The molecule has 2 atom stereocenters. The summed E-state index contributed by atoms with van der Waals surface area (Å²) in [7, 11) is 0. The zero-order chi connectivity index (χ0) is 12.4. The van der Waals surface area contributed by atoms with Crippen molar-refractivity contribution in [2.75, 3.05) is 19.7 Å². The molecular weight excluding hydrogens is 232 g/mol. The molecule has 0 radical (unpaired) electrons. The lowest BCUT2D eigenvalue weighted by Crippen LogP contribution is -2.60. The Bertz CT molecular complexity index is 425. The van der Waals surface area contributed by atoms with Crippen LogP contribution < -0.4 is 5.32 Å². The molecule has 6 nitrogen and oxygen atoms in total. The summed E-state index contributed by atoms with van der Waals surface area (Å²) in [6.45, 7) is 2.75. The van der Waals surface area contributed by atoms with Gasteiger partial charge in [-0.05, 0) is 6.42 Å². The monoisotopic (exact) mass is 248 g/mol. The first-order valence-electron chi connectivity index (χ1n) is 6.19. The molecule has 0 aromatic carbocycles. The molecule has 1 aromatic heterocycles. The summed E-state index contributed by atoms with van der Waals surface area (Å²) in [5.41, 5.74) is 0.957. The Hall–Kier alpha value is -1.53. The van der Waals surface area contributed by atoms with Crippen molar-refractivity contribution in [1.82, 2.24) is 20.2 Å². The lowest BCUT2D eigenvalue weighted by molar-refractivity contribution is -0.140. The molecule has 2 fully saturated rings. The van der Waals surface area contributed by atoms with Crippen LogP contribution in [0.1, 0.15) is 12.1 Å². The predicted octanol–water partition coefficient (Wildman–Crippen LogP) is -0.434. The zero-order valence-electron chi connectivity index (χ0n) is 10.1. The fourth-order valence-corrected chi connectivity index (χ4v) is 2.55. The molecule has 96 valence electrons. The molecule has 2 aliphatic heterocycles. The second kappa shape index (κ2) is 4.99. The number of likely N-dealkylation sites (tertiary alicyclic amines) is 1. The van der Waals surface area contributed by atoms with E-state index in [0.29, 0.717) is 0 Å². The maximum atomic E-state index is 11.3. The Kier molecular flexibility index (Phi) is 3.21. The number of hydrogen-bond acceptors (Lipinski definition) is 5. The van der Waals surface area contributed by atoms with Gasteiger partial charge < -0.3 is 10.1 Å². The summed E-state index contributed by atoms with van der Waals surface area (Å²) >= 11 is 0. The third-order valence-electron chi connectivity index (χ3n) is 3.41. The van der Waals surface area contributed by atoms with Gasteiger partial charge in [-0.25, -0.2) is 0 Å². The largest absolute Gasteiger partial charge is 0.366 e. The van der Waals surface area contributed by atoms with E-state index < -0.39 is 0 Å². The molecule has 0 bridgehead atoms. The van der Waals surface area contributed by atoms with Gasteiger partial charge >= 0.3 is 0 Å². The van der Waals surface area contributed by atoms with Gasteiger partial charge in [0.2, 0.25) is 5.91 Å². The summed E-state index contributed by atoms with van der Waals surface area (Å²) in [5.74, 6) is -0.0161. The maximum Gasteiger partial charge on any atom is 0.246 e. The van der Waals surface area contributed by atoms with Crippen LogP contribution in [-0.4, -0.2) is 52.6 Å². The van der Waals surface area contributed by atoms with Gasteiger partial charge in [-0.1, -0.05) is 0 Å². The number of aromatic nitrogens is 2. The minimum Gasteiger partial charge on any atom is -0.366 e. The van der Waals surface area contributed by atoms with Gasteiger partial charge in [0, 0.05) is 38.2 Å². The van der Waals surface area contributed by atoms with Crippen LogP contribution in [0.15, 0.2) is 18.6 Å². The van der Waals surface area contributed by atoms with Gasteiger partial charge in [0.15, 0.2) is 0 Å². The van der Waals surface area contributed by atoms with E-state index in [1.54, 1.807) is 18.6 Å². The smallest absolute Gasteiger partial charge is 0.246 e. The Labute approximate surface area is 105 Å². The first-order valence-corrected chi connectivity index (χ1v) is 6.19. The number of hydrogen-bond donors (Lipinski definition) is 1. The number of fused-ring (bicyclic) bond motifs is 1. The third kappa shape index (κ3) is 2.49. The molecule has 18 heavy (non-hydrogen) atoms. The van der Waals surface area contributed by atoms with Crippen molar-refractivity contribution in [1.29, 1.82) is 0 Å². The van der Waals surface area contributed by atoms with Crippen LogP contribution in [0.2, 0.25) is 0 Å². The van der Waals surface area contributed by atoms with E-state index in [1.807, 2.05) is 0 Å². The van der Waals surface area contributed by atoms with Gasteiger partial charge in [0.25, 0.3) is 0 Å². The number of amides is 1. The van der Waals surface area contributed by atoms with E-state index in [2.05, 4.69) is 20.2 Å². The van der Waals surface area contributed by atoms with Crippen molar-refractivity contribution in [3.63, 3.8) is 0 Å². The van der Waals surface area contributed by atoms with E-state index >= 15 is 0 Å². The van der Waals surface area contributed by atoms with Crippen molar-refractivity contribution in [2.45, 2.75) is 25.1 Å². The molecule has 0 saturated carbocycles. The number of piperidine rings is 1. The molecule has 1 aromatic rings. The number of ether oxygens (including phenoxy) is 1. The molecule has 0 aliphatic carbocycles. The van der Waals surface area contributed by atoms with Gasteiger partial charge in [-0.3, -0.25) is 19.7 Å². The summed E-state index contributed by atoms with van der Waals surface area (Å²) < 4.78 is 5.53. The second-order valence-corrected chi connectivity index (χ2v) is 4.74. The van der Waals surface area contributed by atoms with Crippen LogP contribution >= 0.6 is 0 Å². The fourth-order valence-electron chi connectivity index (χ4n) is 2.55. The maximum absolute atomic E-state index is 11.3. The molecule has 3 rings (SSSR count). The van der Waals surface area contributed by atoms with Crippen LogP contribution in [0.5, 0.6) is 0 Å².